The molecular weight excluding hydrogens is 250 g/mol. The maximum atomic E-state index is 12.0. The number of carbonyl (C=O) groups is 1. The fourth-order valence-corrected chi connectivity index (χ4v) is 1.99. The minimum absolute atomic E-state index is 0.0108. The van der Waals surface area contributed by atoms with Gasteiger partial charge in [0.1, 0.15) is 5.75 Å². The Morgan fingerprint density at radius 3 is 2.78 bits per heavy atom. The minimum Gasteiger partial charge on any atom is -0.506 e. The first kappa shape index (κ1) is 14.8. The quantitative estimate of drug-likeness (QED) is 0.761. The first-order valence-electron chi connectivity index (χ1n) is 6.37. The lowest BCUT2D eigenvalue weighted by molar-refractivity contribution is -0.120. The molecule has 0 bridgehead atoms. The van der Waals surface area contributed by atoms with Crippen LogP contribution < -0.4 is 5.32 Å². The van der Waals surface area contributed by atoms with Crippen molar-refractivity contribution in [2.45, 2.75) is 39.5 Å². The molecular formula is C14H20ClNO2. The topological polar surface area (TPSA) is 49.3 Å². The van der Waals surface area contributed by atoms with Crippen LogP contribution >= 0.6 is 11.6 Å². The molecule has 18 heavy (non-hydrogen) atoms. The lowest BCUT2D eigenvalue weighted by Gasteiger charge is -2.15. The van der Waals surface area contributed by atoms with Gasteiger partial charge in [0.05, 0.1) is 5.69 Å². The number of hydrogen-bond acceptors (Lipinski definition) is 2. The molecule has 1 aromatic carbocycles. The predicted molar refractivity (Wildman–Crippen MR) is 75.1 cm³/mol. The van der Waals surface area contributed by atoms with E-state index in [1.54, 1.807) is 12.1 Å². The van der Waals surface area contributed by atoms with Crippen molar-refractivity contribution in [1.29, 1.82) is 0 Å². The molecule has 2 N–H and O–H groups in total. The average molecular weight is 270 g/mol. The van der Waals surface area contributed by atoms with Crippen LogP contribution in [-0.2, 0) is 4.79 Å². The Bertz CT molecular complexity index is 407. The number of amides is 1. The molecule has 0 aliphatic carbocycles. The van der Waals surface area contributed by atoms with Crippen LogP contribution in [-0.4, -0.2) is 11.0 Å². The van der Waals surface area contributed by atoms with E-state index in [2.05, 4.69) is 12.2 Å². The van der Waals surface area contributed by atoms with E-state index in [-0.39, 0.29) is 17.6 Å². The molecule has 0 saturated heterocycles. The summed E-state index contributed by atoms with van der Waals surface area (Å²) < 4.78 is 0. The average Bonchev–Trinajstić information content (AvgIpc) is 2.35. The Kier molecular flexibility index (Phi) is 5.99. The molecule has 0 spiro atoms. The standard InChI is InChI=1S/C14H20ClNO2/c1-3-5-6-10(4-2)14(18)16-12-9-11(15)7-8-13(12)17/h7-10,17H,3-6H2,1-2H3,(H,16,18)/t10-/m1/s1. The smallest absolute Gasteiger partial charge is 0.227 e. The van der Waals surface area contributed by atoms with Crippen LogP contribution in [0.3, 0.4) is 0 Å². The summed E-state index contributed by atoms with van der Waals surface area (Å²) in [6, 6.07) is 4.62. The van der Waals surface area contributed by atoms with E-state index >= 15 is 0 Å². The second kappa shape index (κ2) is 7.27. The lowest BCUT2D eigenvalue weighted by atomic mass is 9.98. The van der Waals surface area contributed by atoms with Gasteiger partial charge in [-0.2, -0.15) is 0 Å². The Labute approximate surface area is 113 Å². The van der Waals surface area contributed by atoms with Crippen LogP contribution in [0.15, 0.2) is 18.2 Å². The van der Waals surface area contributed by atoms with Crippen LogP contribution in [0.5, 0.6) is 5.75 Å². The van der Waals surface area contributed by atoms with Gasteiger partial charge in [-0.05, 0) is 31.0 Å². The number of phenolic OH excluding ortho intramolecular Hbond substituents is 1. The first-order chi connectivity index (χ1) is 8.58. The molecule has 3 nitrogen and oxygen atoms in total. The van der Waals surface area contributed by atoms with Crippen molar-refractivity contribution < 1.29 is 9.90 Å². The molecule has 4 heteroatoms. The molecule has 100 valence electrons. The Hall–Kier alpha value is -1.22. The van der Waals surface area contributed by atoms with Crippen LogP contribution in [0, 0.1) is 5.92 Å². The molecule has 0 saturated carbocycles. The Balaban J connectivity index is 2.70. The van der Waals surface area contributed by atoms with Crippen molar-refractivity contribution in [3.8, 4) is 5.75 Å². The maximum Gasteiger partial charge on any atom is 0.227 e. The summed E-state index contributed by atoms with van der Waals surface area (Å²) in [6.45, 7) is 4.10. The molecule has 0 aliphatic heterocycles. The molecule has 1 atom stereocenters. The number of nitrogens with one attached hydrogen (secondary N) is 1. The van der Waals surface area contributed by atoms with Gasteiger partial charge in [0.15, 0.2) is 0 Å². The van der Waals surface area contributed by atoms with Gasteiger partial charge in [-0.25, -0.2) is 0 Å². The summed E-state index contributed by atoms with van der Waals surface area (Å²) in [6.07, 6.45) is 3.78. The van der Waals surface area contributed by atoms with E-state index < -0.39 is 0 Å². The highest BCUT2D eigenvalue weighted by Crippen LogP contribution is 2.27. The highest BCUT2D eigenvalue weighted by molar-refractivity contribution is 6.31. The summed E-state index contributed by atoms with van der Waals surface area (Å²) in [7, 11) is 0. The molecule has 1 amide bonds. The lowest BCUT2D eigenvalue weighted by Crippen LogP contribution is -2.22. The zero-order valence-electron chi connectivity index (χ0n) is 10.9. The monoisotopic (exact) mass is 269 g/mol. The fourth-order valence-electron chi connectivity index (χ4n) is 1.81. The van der Waals surface area contributed by atoms with E-state index in [9.17, 15) is 9.90 Å². The molecule has 0 fully saturated rings. The summed E-state index contributed by atoms with van der Waals surface area (Å²) in [5, 5.41) is 12.9. The van der Waals surface area contributed by atoms with Gasteiger partial charge in [-0.3, -0.25) is 4.79 Å². The van der Waals surface area contributed by atoms with Crippen molar-refractivity contribution in [1.82, 2.24) is 0 Å². The van der Waals surface area contributed by atoms with E-state index in [1.165, 1.54) is 6.07 Å². The van der Waals surface area contributed by atoms with Crippen molar-refractivity contribution in [3.05, 3.63) is 23.2 Å². The second-order valence-electron chi connectivity index (χ2n) is 4.40. The number of carbonyl (C=O) groups excluding carboxylic acids is 1. The Morgan fingerprint density at radius 1 is 1.44 bits per heavy atom. The number of benzene rings is 1. The molecule has 0 unspecified atom stereocenters. The van der Waals surface area contributed by atoms with Crippen LogP contribution in [0.1, 0.15) is 39.5 Å². The number of halogens is 1. The van der Waals surface area contributed by atoms with E-state index in [0.717, 1.165) is 25.7 Å². The first-order valence-corrected chi connectivity index (χ1v) is 6.75. The Morgan fingerprint density at radius 2 is 2.17 bits per heavy atom. The normalized spacial score (nSPS) is 12.2. The summed E-state index contributed by atoms with van der Waals surface area (Å²) in [4.78, 5) is 12.0. The van der Waals surface area contributed by atoms with E-state index in [1.807, 2.05) is 6.92 Å². The third-order valence-electron chi connectivity index (χ3n) is 2.99. The molecule has 1 rings (SSSR count). The van der Waals surface area contributed by atoms with Gasteiger partial charge in [0.2, 0.25) is 5.91 Å². The maximum absolute atomic E-state index is 12.0. The predicted octanol–water partition coefficient (Wildman–Crippen LogP) is 4.20. The van der Waals surface area contributed by atoms with Crippen LogP contribution in [0.25, 0.3) is 0 Å². The number of hydrogen-bond donors (Lipinski definition) is 2. The van der Waals surface area contributed by atoms with Crippen molar-refractivity contribution >= 4 is 23.2 Å². The number of unbranched alkanes of at least 4 members (excludes halogenated alkanes) is 1. The summed E-state index contributed by atoms with van der Waals surface area (Å²) in [5.41, 5.74) is 0.377. The van der Waals surface area contributed by atoms with E-state index in [4.69, 9.17) is 11.6 Å². The summed E-state index contributed by atoms with van der Waals surface area (Å²) >= 11 is 5.83. The molecule has 1 aromatic rings. The zero-order valence-corrected chi connectivity index (χ0v) is 11.6. The highest BCUT2D eigenvalue weighted by Gasteiger charge is 2.17. The van der Waals surface area contributed by atoms with E-state index in [0.29, 0.717) is 10.7 Å². The molecule has 0 aliphatic rings. The third-order valence-corrected chi connectivity index (χ3v) is 3.22. The molecule has 0 heterocycles. The van der Waals surface area contributed by atoms with Gasteiger partial charge in [0.25, 0.3) is 0 Å². The van der Waals surface area contributed by atoms with Gasteiger partial charge in [-0.15, -0.1) is 0 Å². The van der Waals surface area contributed by atoms with Gasteiger partial charge in [0, 0.05) is 10.9 Å². The molecule has 0 aromatic heterocycles. The van der Waals surface area contributed by atoms with Crippen molar-refractivity contribution in [2.75, 3.05) is 5.32 Å². The second-order valence-corrected chi connectivity index (χ2v) is 4.83. The van der Waals surface area contributed by atoms with Gasteiger partial charge < -0.3 is 10.4 Å². The number of rotatable bonds is 6. The number of aromatic hydroxyl groups is 1. The summed E-state index contributed by atoms with van der Waals surface area (Å²) in [5.74, 6) is -0.0232. The van der Waals surface area contributed by atoms with Gasteiger partial charge in [-0.1, -0.05) is 38.3 Å². The van der Waals surface area contributed by atoms with Crippen LogP contribution in [0.4, 0.5) is 5.69 Å². The SMILES string of the molecule is CCCC[C@@H](CC)C(=O)Nc1cc(Cl)ccc1O. The highest BCUT2D eigenvalue weighted by atomic mass is 35.5. The molecule has 0 radical (unpaired) electrons. The number of anilines is 1. The number of phenols is 1. The zero-order chi connectivity index (χ0) is 13.5. The van der Waals surface area contributed by atoms with Crippen LogP contribution in [0.2, 0.25) is 5.02 Å². The van der Waals surface area contributed by atoms with Crippen molar-refractivity contribution in [2.24, 2.45) is 5.92 Å². The van der Waals surface area contributed by atoms with Crippen molar-refractivity contribution in [3.63, 3.8) is 0 Å². The fraction of sp³-hybridized carbons (Fsp3) is 0.500. The third kappa shape index (κ3) is 4.22. The van der Waals surface area contributed by atoms with Gasteiger partial charge >= 0.3 is 0 Å². The largest absolute Gasteiger partial charge is 0.506 e. The minimum atomic E-state index is -0.0523.